The third-order valence-electron chi connectivity index (χ3n) is 3.04. The molecule has 0 saturated heterocycles. The Morgan fingerprint density at radius 2 is 1.89 bits per heavy atom. The Hall–Kier alpha value is -1.26. The molecule has 0 aliphatic carbocycles. The summed E-state index contributed by atoms with van der Waals surface area (Å²) in [6, 6.07) is 5.94. The summed E-state index contributed by atoms with van der Waals surface area (Å²) in [4.78, 5) is 1.13. The molecule has 0 saturated carbocycles. The van der Waals surface area contributed by atoms with Crippen molar-refractivity contribution >= 4 is 11.3 Å². The highest BCUT2D eigenvalue weighted by Gasteiger charge is 2.18. The number of benzene rings is 1. The summed E-state index contributed by atoms with van der Waals surface area (Å²) in [5, 5.41) is 5.12. The monoisotopic (exact) mass is 267 g/mol. The molecule has 1 atom stereocenters. The van der Waals surface area contributed by atoms with Crippen LogP contribution in [-0.2, 0) is 6.42 Å². The van der Waals surface area contributed by atoms with Crippen molar-refractivity contribution in [2.24, 2.45) is 0 Å². The smallest absolute Gasteiger partial charge is 0.129 e. The molecule has 1 heterocycles. The topological polar surface area (TPSA) is 12.0 Å². The van der Waals surface area contributed by atoms with Crippen molar-refractivity contribution in [2.75, 3.05) is 7.05 Å². The zero-order valence-electron chi connectivity index (χ0n) is 10.3. The van der Waals surface area contributed by atoms with E-state index < -0.39 is 11.6 Å². The molecule has 18 heavy (non-hydrogen) atoms. The maximum absolute atomic E-state index is 13.6. The van der Waals surface area contributed by atoms with E-state index in [0.717, 1.165) is 10.4 Å². The highest BCUT2D eigenvalue weighted by molar-refractivity contribution is 7.10. The van der Waals surface area contributed by atoms with Crippen molar-refractivity contribution in [1.29, 1.82) is 0 Å². The summed E-state index contributed by atoms with van der Waals surface area (Å²) in [5.41, 5.74) is 1.29. The van der Waals surface area contributed by atoms with Gasteiger partial charge < -0.3 is 5.32 Å². The first-order chi connectivity index (χ1) is 8.63. The third kappa shape index (κ3) is 2.60. The maximum atomic E-state index is 13.6. The molecule has 1 nitrogen and oxygen atoms in total. The number of rotatable bonds is 4. The van der Waals surface area contributed by atoms with Crippen molar-refractivity contribution in [2.45, 2.75) is 19.4 Å². The van der Waals surface area contributed by atoms with E-state index in [2.05, 4.69) is 5.32 Å². The van der Waals surface area contributed by atoms with Gasteiger partial charge in [-0.25, -0.2) is 8.78 Å². The summed E-state index contributed by atoms with van der Waals surface area (Å²) in [7, 11) is 1.81. The minimum Gasteiger partial charge on any atom is -0.312 e. The average Bonchev–Trinajstić information content (AvgIpc) is 2.76. The van der Waals surface area contributed by atoms with Crippen molar-refractivity contribution in [3.63, 3.8) is 0 Å². The van der Waals surface area contributed by atoms with Gasteiger partial charge in [-0.2, -0.15) is 0 Å². The molecule has 0 bridgehead atoms. The molecule has 4 heteroatoms. The number of likely N-dealkylation sites (N-methyl/N-ethyl adjacent to an activating group) is 1. The highest BCUT2D eigenvalue weighted by atomic mass is 32.1. The van der Waals surface area contributed by atoms with Gasteiger partial charge in [0.25, 0.3) is 0 Å². The fraction of sp³-hybridized carbons (Fsp3) is 0.286. The molecule has 1 N–H and O–H groups in total. The van der Waals surface area contributed by atoms with Crippen LogP contribution in [0.1, 0.15) is 22.0 Å². The highest BCUT2D eigenvalue weighted by Crippen LogP contribution is 2.28. The van der Waals surface area contributed by atoms with Crippen LogP contribution >= 0.6 is 11.3 Å². The van der Waals surface area contributed by atoms with Crippen molar-refractivity contribution in [3.05, 3.63) is 57.3 Å². The lowest BCUT2D eigenvalue weighted by atomic mass is 10.0. The second-order valence-electron chi connectivity index (χ2n) is 4.21. The number of halogens is 2. The van der Waals surface area contributed by atoms with E-state index in [1.54, 1.807) is 11.3 Å². The lowest BCUT2D eigenvalue weighted by Gasteiger charge is -2.16. The van der Waals surface area contributed by atoms with E-state index in [0.29, 0.717) is 6.42 Å². The van der Waals surface area contributed by atoms with Crippen LogP contribution in [0.25, 0.3) is 0 Å². The van der Waals surface area contributed by atoms with Crippen LogP contribution in [0.15, 0.2) is 29.6 Å². The first-order valence-corrected chi connectivity index (χ1v) is 6.65. The van der Waals surface area contributed by atoms with E-state index in [-0.39, 0.29) is 11.6 Å². The van der Waals surface area contributed by atoms with Gasteiger partial charge in [0, 0.05) is 16.5 Å². The van der Waals surface area contributed by atoms with Crippen LogP contribution in [0.5, 0.6) is 0 Å². The maximum Gasteiger partial charge on any atom is 0.129 e. The Labute approximate surface area is 109 Å². The largest absolute Gasteiger partial charge is 0.312 e. The lowest BCUT2D eigenvalue weighted by Crippen LogP contribution is -2.19. The molecular formula is C14H15F2NS. The Bertz CT molecular complexity index is 516. The van der Waals surface area contributed by atoms with Gasteiger partial charge in [-0.15, -0.1) is 11.3 Å². The van der Waals surface area contributed by atoms with Gasteiger partial charge in [0.05, 0.1) is 0 Å². The number of nitrogens with one attached hydrogen (secondary N) is 1. The second-order valence-corrected chi connectivity index (χ2v) is 5.16. The van der Waals surface area contributed by atoms with Crippen LogP contribution in [-0.4, -0.2) is 7.05 Å². The van der Waals surface area contributed by atoms with Gasteiger partial charge in [0.1, 0.15) is 11.6 Å². The van der Waals surface area contributed by atoms with Crippen LogP contribution < -0.4 is 5.32 Å². The summed E-state index contributed by atoms with van der Waals surface area (Å²) < 4.78 is 27.2. The van der Waals surface area contributed by atoms with Gasteiger partial charge >= 0.3 is 0 Å². The van der Waals surface area contributed by atoms with Crippen molar-refractivity contribution in [1.82, 2.24) is 5.32 Å². The molecule has 1 unspecified atom stereocenters. The predicted molar refractivity (Wildman–Crippen MR) is 70.9 cm³/mol. The number of hydrogen-bond donors (Lipinski definition) is 1. The lowest BCUT2D eigenvalue weighted by molar-refractivity contribution is 0.518. The molecule has 96 valence electrons. The molecule has 1 aromatic carbocycles. The molecule has 0 aliphatic rings. The van der Waals surface area contributed by atoms with Crippen LogP contribution in [0.2, 0.25) is 0 Å². The molecule has 0 amide bonds. The van der Waals surface area contributed by atoms with Gasteiger partial charge in [-0.1, -0.05) is 6.07 Å². The Kier molecular flexibility index (Phi) is 4.09. The Balaban J connectivity index is 2.29. The quantitative estimate of drug-likeness (QED) is 0.887. The zero-order valence-corrected chi connectivity index (χ0v) is 11.2. The molecular weight excluding hydrogens is 252 g/mol. The summed E-state index contributed by atoms with van der Waals surface area (Å²) in [6.45, 7) is 2.01. The number of thiophene rings is 1. The number of aryl methyl sites for hydroxylation is 1. The number of hydrogen-bond acceptors (Lipinski definition) is 2. The fourth-order valence-electron chi connectivity index (χ4n) is 2.00. The van der Waals surface area contributed by atoms with E-state index in [1.165, 1.54) is 18.2 Å². The van der Waals surface area contributed by atoms with E-state index in [9.17, 15) is 8.78 Å². The minimum absolute atomic E-state index is 0.0589. The molecule has 2 aromatic rings. The Morgan fingerprint density at radius 1 is 1.22 bits per heavy atom. The molecule has 0 radical (unpaired) electrons. The van der Waals surface area contributed by atoms with Crippen molar-refractivity contribution in [3.8, 4) is 0 Å². The van der Waals surface area contributed by atoms with Crippen LogP contribution in [0.3, 0.4) is 0 Å². The van der Waals surface area contributed by atoms with E-state index >= 15 is 0 Å². The molecule has 0 aliphatic heterocycles. The normalized spacial score (nSPS) is 12.7. The van der Waals surface area contributed by atoms with E-state index in [4.69, 9.17) is 0 Å². The van der Waals surface area contributed by atoms with E-state index in [1.807, 2.05) is 25.4 Å². The van der Waals surface area contributed by atoms with Gasteiger partial charge in [0.15, 0.2) is 0 Å². The van der Waals surface area contributed by atoms with Crippen molar-refractivity contribution < 1.29 is 8.78 Å². The van der Waals surface area contributed by atoms with Crippen LogP contribution in [0, 0.1) is 18.6 Å². The third-order valence-corrected chi connectivity index (χ3v) is 4.17. The standard InChI is InChI=1S/C14H15F2NS/c1-9-6-7-18-14(9)13(17-2)8-10-11(15)4-3-5-12(10)16/h3-7,13,17H,8H2,1-2H3. The zero-order chi connectivity index (χ0) is 13.1. The summed E-state index contributed by atoms with van der Waals surface area (Å²) in [6.07, 6.45) is 0.316. The van der Waals surface area contributed by atoms with Crippen LogP contribution in [0.4, 0.5) is 8.78 Å². The van der Waals surface area contributed by atoms with Gasteiger partial charge in [-0.05, 0) is 49.5 Å². The molecule has 0 fully saturated rings. The van der Waals surface area contributed by atoms with Gasteiger partial charge in [0.2, 0.25) is 0 Å². The molecule has 0 spiro atoms. The summed E-state index contributed by atoms with van der Waals surface area (Å²) in [5.74, 6) is -0.964. The fourth-order valence-corrected chi connectivity index (χ4v) is 3.04. The minimum atomic E-state index is -0.482. The first kappa shape index (κ1) is 13.2. The second kappa shape index (κ2) is 5.59. The Morgan fingerprint density at radius 3 is 2.39 bits per heavy atom. The summed E-state index contributed by atoms with van der Waals surface area (Å²) >= 11 is 1.61. The predicted octanol–water partition coefficient (Wildman–Crippen LogP) is 3.84. The van der Waals surface area contributed by atoms with Gasteiger partial charge in [-0.3, -0.25) is 0 Å². The first-order valence-electron chi connectivity index (χ1n) is 5.77. The average molecular weight is 267 g/mol. The SMILES string of the molecule is CNC(Cc1c(F)cccc1F)c1sccc1C. The molecule has 1 aromatic heterocycles. The molecule has 2 rings (SSSR count).